The number of carbonyl (C=O) groups excluding carboxylic acids is 2. The Bertz CT molecular complexity index is 642. The second-order valence-electron chi connectivity index (χ2n) is 8.58. The molecule has 1 aromatic rings. The van der Waals surface area contributed by atoms with Crippen LogP contribution in [0.25, 0.3) is 0 Å². The summed E-state index contributed by atoms with van der Waals surface area (Å²) < 4.78 is 0. The summed E-state index contributed by atoms with van der Waals surface area (Å²) in [5.74, 6) is -0.294. The lowest BCUT2D eigenvalue weighted by Gasteiger charge is -2.23. The summed E-state index contributed by atoms with van der Waals surface area (Å²) in [4.78, 5) is 24.9. The molecule has 0 bridgehead atoms. The molecule has 0 aliphatic heterocycles. The van der Waals surface area contributed by atoms with Gasteiger partial charge in [0.1, 0.15) is 0 Å². The minimum Gasteiger partial charge on any atom is -0.353 e. The molecule has 0 spiro atoms. The first-order valence-corrected chi connectivity index (χ1v) is 9.57. The van der Waals surface area contributed by atoms with Crippen LogP contribution in [0.1, 0.15) is 64.9 Å². The summed E-state index contributed by atoms with van der Waals surface area (Å²) >= 11 is 0. The molecule has 2 aliphatic rings. The van der Waals surface area contributed by atoms with E-state index in [-0.39, 0.29) is 29.1 Å². The number of carbonyl (C=O) groups is 2. The second-order valence-corrected chi connectivity index (χ2v) is 8.58. The fourth-order valence-electron chi connectivity index (χ4n) is 3.80. The van der Waals surface area contributed by atoms with E-state index in [2.05, 4.69) is 37.5 Å². The minimum absolute atomic E-state index is 0.0273. The lowest BCUT2D eigenvalue weighted by molar-refractivity contribution is -0.126. The van der Waals surface area contributed by atoms with Crippen LogP contribution >= 0.6 is 0 Å². The quantitative estimate of drug-likeness (QED) is 0.868. The smallest absolute Gasteiger partial charge is 0.228 e. The van der Waals surface area contributed by atoms with Gasteiger partial charge in [0, 0.05) is 11.7 Å². The van der Waals surface area contributed by atoms with Crippen LogP contribution in [-0.2, 0) is 15.0 Å². The van der Waals surface area contributed by atoms with Gasteiger partial charge in [-0.1, -0.05) is 58.2 Å². The lowest BCUT2D eigenvalue weighted by atomic mass is 9.86. The highest BCUT2D eigenvalue weighted by Crippen LogP contribution is 2.40. The van der Waals surface area contributed by atoms with Crippen molar-refractivity contribution in [3.8, 4) is 0 Å². The third kappa shape index (κ3) is 4.42. The number of amides is 2. The third-order valence-corrected chi connectivity index (χ3v) is 5.41. The molecule has 2 aliphatic carbocycles. The van der Waals surface area contributed by atoms with Crippen molar-refractivity contribution in [3.63, 3.8) is 0 Å². The van der Waals surface area contributed by atoms with Gasteiger partial charge in [-0.25, -0.2) is 0 Å². The molecule has 4 nitrogen and oxygen atoms in total. The zero-order valence-corrected chi connectivity index (χ0v) is 15.6. The predicted molar refractivity (Wildman–Crippen MR) is 100 cm³/mol. The van der Waals surface area contributed by atoms with Crippen LogP contribution in [-0.4, -0.2) is 17.9 Å². The standard InChI is InChI=1S/C21H30N2O2/c1-21(2,3)17-11-7-8-12-18(17)23-20(25)16-13-15(16)19(24)22-14-9-5-4-6-10-14/h7-8,11-12,14-16H,4-6,9-10,13H2,1-3H3,(H,22,24)(H,23,25). The van der Waals surface area contributed by atoms with Gasteiger partial charge in [-0.2, -0.15) is 0 Å². The van der Waals surface area contributed by atoms with Gasteiger partial charge in [-0.05, 0) is 36.3 Å². The topological polar surface area (TPSA) is 58.2 Å². The zero-order valence-electron chi connectivity index (χ0n) is 15.6. The van der Waals surface area contributed by atoms with Gasteiger partial charge >= 0.3 is 0 Å². The number of para-hydroxylation sites is 1. The first-order valence-electron chi connectivity index (χ1n) is 9.57. The van der Waals surface area contributed by atoms with Crippen molar-refractivity contribution in [3.05, 3.63) is 29.8 Å². The Morgan fingerprint density at radius 1 is 0.960 bits per heavy atom. The Hall–Kier alpha value is -1.84. The zero-order chi connectivity index (χ0) is 18.0. The van der Waals surface area contributed by atoms with Crippen molar-refractivity contribution in [2.24, 2.45) is 11.8 Å². The van der Waals surface area contributed by atoms with E-state index in [0.29, 0.717) is 12.5 Å². The van der Waals surface area contributed by atoms with Crippen molar-refractivity contribution < 1.29 is 9.59 Å². The average Bonchev–Trinajstić information content (AvgIpc) is 3.36. The number of rotatable bonds is 4. The maximum Gasteiger partial charge on any atom is 0.228 e. The molecule has 2 N–H and O–H groups in total. The van der Waals surface area contributed by atoms with Crippen LogP contribution in [0.15, 0.2) is 24.3 Å². The summed E-state index contributed by atoms with van der Waals surface area (Å²) in [6.07, 6.45) is 6.49. The largest absolute Gasteiger partial charge is 0.353 e. The third-order valence-electron chi connectivity index (χ3n) is 5.41. The van der Waals surface area contributed by atoms with E-state index >= 15 is 0 Å². The van der Waals surface area contributed by atoms with Gasteiger partial charge in [0.05, 0.1) is 11.8 Å². The molecule has 0 radical (unpaired) electrons. The molecule has 2 amide bonds. The summed E-state index contributed by atoms with van der Waals surface area (Å²) in [6, 6.07) is 8.24. The molecule has 2 unspecified atom stereocenters. The van der Waals surface area contributed by atoms with Gasteiger partial charge in [-0.15, -0.1) is 0 Å². The summed E-state index contributed by atoms with van der Waals surface area (Å²) in [5, 5.41) is 6.19. The Morgan fingerprint density at radius 3 is 2.28 bits per heavy atom. The van der Waals surface area contributed by atoms with E-state index in [9.17, 15) is 9.59 Å². The number of hydrogen-bond donors (Lipinski definition) is 2. The number of nitrogens with one attached hydrogen (secondary N) is 2. The molecule has 0 heterocycles. The highest BCUT2D eigenvalue weighted by atomic mass is 16.2. The van der Waals surface area contributed by atoms with Crippen LogP contribution in [0.5, 0.6) is 0 Å². The van der Waals surface area contributed by atoms with Crippen molar-refractivity contribution in [1.82, 2.24) is 5.32 Å². The molecule has 25 heavy (non-hydrogen) atoms. The predicted octanol–water partition coefficient (Wildman–Crippen LogP) is 4.01. The molecule has 1 aromatic carbocycles. The van der Waals surface area contributed by atoms with Crippen molar-refractivity contribution in [2.45, 2.75) is 70.8 Å². The molecule has 3 rings (SSSR count). The van der Waals surface area contributed by atoms with E-state index in [1.807, 2.05) is 18.2 Å². The molecule has 4 heteroatoms. The first kappa shape index (κ1) is 18.0. The highest BCUT2D eigenvalue weighted by Gasteiger charge is 2.48. The molecule has 2 atom stereocenters. The fourth-order valence-corrected chi connectivity index (χ4v) is 3.80. The monoisotopic (exact) mass is 342 g/mol. The van der Waals surface area contributed by atoms with E-state index in [1.165, 1.54) is 19.3 Å². The molecule has 136 valence electrons. The SMILES string of the molecule is CC(C)(C)c1ccccc1NC(=O)C1CC1C(=O)NC1CCCCC1. The Balaban J connectivity index is 1.56. The first-order chi connectivity index (χ1) is 11.9. The lowest BCUT2D eigenvalue weighted by Crippen LogP contribution is -2.37. The number of benzene rings is 1. The van der Waals surface area contributed by atoms with Gasteiger partial charge in [0.15, 0.2) is 0 Å². The van der Waals surface area contributed by atoms with Gasteiger partial charge in [0.25, 0.3) is 0 Å². The van der Waals surface area contributed by atoms with Gasteiger partial charge < -0.3 is 10.6 Å². The molecular weight excluding hydrogens is 312 g/mol. The Kier molecular flexibility index (Phi) is 5.16. The summed E-state index contributed by atoms with van der Waals surface area (Å²) in [5.41, 5.74) is 1.94. The number of hydrogen-bond acceptors (Lipinski definition) is 2. The summed E-state index contributed by atoms with van der Waals surface area (Å²) in [6.45, 7) is 6.40. The van der Waals surface area contributed by atoms with Crippen LogP contribution in [0.4, 0.5) is 5.69 Å². The van der Waals surface area contributed by atoms with Crippen molar-refractivity contribution in [1.29, 1.82) is 0 Å². The summed E-state index contributed by atoms with van der Waals surface area (Å²) in [7, 11) is 0. The van der Waals surface area contributed by atoms with Crippen LogP contribution < -0.4 is 10.6 Å². The molecule has 2 saturated carbocycles. The van der Waals surface area contributed by atoms with E-state index in [4.69, 9.17) is 0 Å². The normalized spacial score (nSPS) is 23.8. The van der Waals surface area contributed by atoms with Crippen molar-refractivity contribution in [2.75, 3.05) is 5.32 Å². The van der Waals surface area contributed by atoms with Gasteiger partial charge in [0.2, 0.25) is 11.8 Å². The molecule has 0 aromatic heterocycles. The molecule has 0 saturated heterocycles. The van der Waals surface area contributed by atoms with Crippen LogP contribution in [0.2, 0.25) is 0 Å². The number of anilines is 1. The maximum absolute atomic E-state index is 12.6. The Labute approximate surface area is 150 Å². The second kappa shape index (κ2) is 7.19. The highest BCUT2D eigenvalue weighted by molar-refractivity contribution is 6.00. The average molecular weight is 342 g/mol. The fraction of sp³-hybridized carbons (Fsp3) is 0.619. The van der Waals surface area contributed by atoms with Crippen LogP contribution in [0, 0.1) is 11.8 Å². The van der Waals surface area contributed by atoms with E-state index in [0.717, 1.165) is 24.1 Å². The molecule has 2 fully saturated rings. The Morgan fingerprint density at radius 2 is 1.60 bits per heavy atom. The van der Waals surface area contributed by atoms with Crippen LogP contribution in [0.3, 0.4) is 0 Å². The molecular formula is C21H30N2O2. The van der Waals surface area contributed by atoms with E-state index in [1.54, 1.807) is 0 Å². The maximum atomic E-state index is 12.6. The van der Waals surface area contributed by atoms with Gasteiger partial charge in [-0.3, -0.25) is 9.59 Å². The van der Waals surface area contributed by atoms with Crippen molar-refractivity contribution >= 4 is 17.5 Å². The minimum atomic E-state index is -0.184. The van der Waals surface area contributed by atoms with E-state index < -0.39 is 0 Å².